The molecule has 0 saturated heterocycles. The van der Waals surface area contributed by atoms with Gasteiger partial charge in [-0.15, -0.1) is 0 Å². The van der Waals surface area contributed by atoms with E-state index >= 15 is 0 Å². The van der Waals surface area contributed by atoms with Crippen LogP contribution in [0.4, 0.5) is 0 Å². The van der Waals surface area contributed by atoms with Crippen molar-refractivity contribution in [1.82, 2.24) is 14.8 Å². The zero-order valence-electron chi connectivity index (χ0n) is 13.1. The van der Waals surface area contributed by atoms with Crippen LogP contribution in [0.1, 0.15) is 25.3 Å². The van der Waals surface area contributed by atoms with Crippen LogP contribution < -0.4 is 0 Å². The van der Waals surface area contributed by atoms with E-state index in [0.29, 0.717) is 19.3 Å². The van der Waals surface area contributed by atoms with Crippen LogP contribution in [0.5, 0.6) is 0 Å². The summed E-state index contributed by atoms with van der Waals surface area (Å²) in [5.41, 5.74) is -1.47. The summed E-state index contributed by atoms with van der Waals surface area (Å²) in [5, 5.41) is 25.2. The number of carboxylic acid groups (broad SMARTS) is 1. The second-order valence-electron chi connectivity index (χ2n) is 6.58. The lowest BCUT2D eigenvalue weighted by atomic mass is 9.71. The van der Waals surface area contributed by atoms with Crippen LogP contribution in [0.25, 0.3) is 0 Å². The van der Waals surface area contributed by atoms with Gasteiger partial charge in [-0.05, 0) is 37.7 Å². The summed E-state index contributed by atoms with van der Waals surface area (Å²) in [6.07, 6.45) is 4.67. The van der Waals surface area contributed by atoms with Crippen molar-refractivity contribution in [2.45, 2.75) is 38.3 Å². The highest BCUT2D eigenvalue weighted by atomic mass is 16.4. The van der Waals surface area contributed by atoms with Crippen LogP contribution in [0.3, 0.4) is 0 Å². The number of hydrogen-bond donors (Lipinski definition) is 2. The van der Waals surface area contributed by atoms with Crippen LogP contribution in [0, 0.1) is 11.3 Å². The largest absolute Gasteiger partial charge is 0.481 e. The number of carboxylic acids is 1. The number of rotatable bonds is 5. The van der Waals surface area contributed by atoms with Gasteiger partial charge in [-0.25, -0.2) is 4.98 Å². The molecule has 1 aliphatic carbocycles. The Morgan fingerprint density at radius 3 is 2.74 bits per heavy atom. The van der Waals surface area contributed by atoms with Gasteiger partial charge in [0.1, 0.15) is 18.3 Å². The molecule has 0 aliphatic heterocycles. The summed E-state index contributed by atoms with van der Waals surface area (Å²) in [4.78, 5) is 15.8. The number of nitrogens with zero attached hydrogens (tertiary/aromatic N) is 3. The Morgan fingerprint density at radius 1 is 1.39 bits per heavy atom. The molecule has 0 unspecified atom stereocenters. The Bertz CT molecular complexity index is 674. The topological polar surface area (TPSA) is 88.2 Å². The SMILES string of the molecule is C[C@]1(C(=O)O)CC[C@H](Cc2ccccc2)[C@]1(O)Cn1cncn1. The van der Waals surface area contributed by atoms with Crippen molar-refractivity contribution in [3.8, 4) is 0 Å². The second-order valence-corrected chi connectivity index (χ2v) is 6.58. The first-order valence-electron chi connectivity index (χ1n) is 7.78. The minimum absolute atomic E-state index is 0.132. The number of carbonyl (C=O) groups is 1. The molecule has 23 heavy (non-hydrogen) atoms. The summed E-state index contributed by atoms with van der Waals surface area (Å²) >= 11 is 0. The fourth-order valence-corrected chi connectivity index (χ4v) is 3.70. The van der Waals surface area contributed by atoms with Gasteiger partial charge in [0.15, 0.2) is 0 Å². The predicted octanol–water partition coefficient (Wildman–Crippen LogP) is 1.75. The van der Waals surface area contributed by atoms with Crippen molar-refractivity contribution >= 4 is 5.97 Å². The van der Waals surface area contributed by atoms with E-state index in [-0.39, 0.29) is 12.5 Å². The minimum atomic E-state index is -1.37. The highest BCUT2D eigenvalue weighted by Crippen LogP contribution is 2.52. The van der Waals surface area contributed by atoms with E-state index in [1.807, 2.05) is 30.3 Å². The molecular weight excluding hydrogens is 294 g/mol. The highest BCUT2D eigenvalue weighted by Gasteiger charge is 2.61. The van der Waals surface area contributed by atoms with Crippen molar-refractivity contribution < 1.29 is 15.0 Å². The number of aromatic nitrogens is 3. The standard InChI is InChI=1S/C17H21N3O3/c1-16(15(21)22)8-7-14(9-13-5-3-2-4-6-13)17(16,23)10-20-12-18-11-19-20/h2-6,11-12,14,23H,7-10H2,1H3,(H,21,22)/t14-,16-,17-/m1/s1. The molecule has 1 heterocycles. The Labute approximate surface area is 134 Å². The molecule has 1 aliphatic rings. The first kappa shape index (κ1) is 15.7. The van der Waals surface area contributed by atoms with Gasteiger partial charge >= 0.3 is 5.97 Å². The summed E-state index contributed by atoms with van der Waals surface area (Å²) in [6.45, 7) is 1.77. The first-order chi connectivity index (χ1) is 11.0. The zero-order chi connectivity index (χ0) is 16.5. The normalized spacial score (nSPS) is 30.4. The molecule has 1 fully saturated rings. The van der Waals surface area contributed by atoms with E-state index in [1.165, 1.54) is 17.3 Å². The molecular formula is C17H21N3O3. The van der Waals surface area contributed by atoms with E-state index < -0.39 is 17.0 Å². The van der Waals surface area contributed by atoms with Crippen molar-refractivity contribution in [3.05, 3.63) is 48.5 Å². The third-order valence-electron chi connectivity index (χ3n) is 5.29. The maximum atomic E-state index is 11.9. The molecule has 2 aromatic rings. The number of aliphatic carboxylic acids is 1. The van der Waals surface area contributed by atoms with Crippen molar-refractivity contribution in [3.63, 3.8) is 0 Å². The summed E-state index contributed by atoms with van der Waals surface area (Å²) in [5.74, 6) is -1.11. The van der Waals surface area contributed by atoms with Gasteiger partial charge in [0.2, 0.25) is 0 Å². The number of benzene rings is 1. The molecule has 2 N–H and O–H groups in total. The van der Waals surface area contributed by atoms with Crippen LogP contribution >= 0.6 is 0 Å². The highest BCUT2D eigenvalue weighted by molar-refractivity contribution is 5.76. The fraction of sp³-hybridized carbons (Fsp3) is 0.471. The summed E-state index contributed by atoms with van der Waals surface area (Å²) < 4.78 is 1.52. The lowest BCUT2D eigenvalue weighted by Crippen LogP contribution is -2.54. The lowest BCUT2D eigenvalue weighted by molar-refractivity contribution is -0.169. The molecule has 0 bridgehead atoms. The van der Waals surface area contributed by atoms with Crippen LogP contribution in [-0.4, -0.2) is 36.5 Å². The molecule has 1 aromatic carbocycles. The van der Waals surface area contributed by atoms with Gasteiger partial charge in [0, 0.05) is 0 Å². The Kier molecular flexibility index (Phi) is 3.93. The molecule has 1 aromatic heterocycles. The maximum absolute atomic E-state index is 11.9. The molecule has 6 heteroatoms. The molecule has 122 valence electrons. The molecule has 0 radical (unpaired) electrons. The van der Waals surface area contributed by atoms with E-state index in [4.69, 9.17) is 0 Å². The second kappa shape index (κ2) is 5.77. The van der Waals surface area contributed by atoms with Crippen LogP contribution in [0.15, 0.2) is 43.0 Å². The monoisotopic (exact) mass is 315 g/mol. The van der Waals surface area contributed by atoms with Gasteiger partial charge in [-0.1, -0.05) is 30.3 Å². The molecule has 0 amide bonds. The predicted molar refractivity (Wildman–Crippen MR) is 83.6 cm³/mol. The zero-order valence-corrected chi connectivity index (χ0v) is 13.1. The first-order valence-corrected chi connectivity index (χ1v) is 7.78. The minimum Gasteiger partial charge on any atom is -0.481 e. The maximum Gasteiger partial charge on any atom is 0.312 e. The van der Waals surface area contributed by atoms with Crippen LogP contribution in [0.2, 0.25) is 0 Å². The Hall–Kier alpha value is -2.21. The van der Waals surface area contributed by atoms with Crippen LogP contribution in [-0.2, 0) is 17.8 Å². The van der Waals surface area contributed by atoms with Gasteiger partial charge in [0.05, 0.1) is 12.0 Å². The van der Waals surface area contributed by atoms with Crippen molar-refractivity contribution in [1.29, 1.82) is 0 Å². The smallest absolute Gasteiger partial charge is 0.312 e. The number of aliphatic hydroxyl groups is 1. The van der Waals surface area contributed by atoms with Crippen molar-refractivity contribution in [2.24, 2.45) is 11.3 Å². The molecule has 6 nitrogen and oxygen atoms in total. The molecule has 0 spiro atoms. The van der Waals surface area contributed by atoms with Crippen molar-refractivity contribution in [2.75, 3.05) is 0 Å². The van der Waals surface area contributed by atoms with Gasteiger partial charge in [0.25, 0.3) is 0 Å². The average molecular weight is 315 g/mol. The molecule has 1 saturated carbocycles. The third-order valence-corrected chi connectivity index (χ3v) is 5.29. The summed E-state index contributed by atoms with van der Waals surface area (Å²) in [7, 11) is 0. The van der Waals surface area contributed by atoms with Gasteiger partial charge < -0.3 is 10.2 Å². The Morgan fingerprint density at radius 2 is 2.13 bits per heavy atom. The number of hydrogen-bond acceptors (Lipinski definition) is 4. The van der Waals surface area contributed by atoms with E-state index in [0.717, 1.165) is 5.56 Å². The van der Waals surface area contributed by atoms with E-state index in [2.05, 4.69) is 10.1 Å². The van der Waals surface area contributed by atoms with Gasteiger partial charge in [-0.3, -0.25) is 9.48 Å². The lowest BCUT2D eigenvalue weighted by Gasteiger charge is -2.40. The molecule has 3 atom stereocenters. The average Bonchev–Trinajstić information content (AvgIpc) is 3.11. The fourth-order valence-electron chi connectivity index (χ4n) is 3.70. The molecule has 3 rings (SSSR count). The van der Waals surface area contributed by atoms with E-state index in [9.17, 15) is 15.0 Å². The summed E-state index contributed by atoms with van der Waals surface area (Å²) in [6, 6.07) is 9.87. The Balaban J connectivity index is 1.93. The quantitative estimate of drug-likeness (QED) is 0.877. The van der Waals surface area contributed by atoms with E-state index in [1.54, 1.807) is 6.92 Å². The van der Waals surface area contributed by atoms with Gasteiger partial charge in [-0.2, -0.15) is 5.10 Å². The third kappa shape index (κ3) is 2.63.